The van der Waals surface area contributed by atoms with Crippen LogP contribution in [-0.4, -0.2) is 7.11 Å². The molecule has 0 radical (unpaired) electrons. The van der Waals surface area contributed by atoms with Gasteiger partial charge in [-0.3, -0.25) is 0 Å². The van der Waals surface area contributed by atoms with Crippen LogP contribution in [0, 0.1) is 11.8 Å². The van der Waals surface area contributed by atoms with Crippen molar-refractivity contribution in [3.05, 3.63) is 28.8 Å². The van der Waals surface area contributed by atoms with Gasteiger partial charge in [0.25, 0.3) is 0 Å². The molecule has 1 atom stereocenters. The summed E-state index contributed by atoms with van der Waals surface area (Å²) in [7, 11) is 1.64. The molecule has 0 N–H and O–H groups in total. The van der Waals surface area contributed by atoms with E-state index >= 15 is 0 Å². The van der Waals surface area contributed by atoms with Gasteiger partial charge in [0.15, 0.2) is 0 Å². The Balaban J connectivity index is 2.11. The van der Waals surface area contributed by atoms with Crippen molar-refractivity contribution < 1.29 is 4.74 Å². The highest BCUT2D eigenvalue weighted by Gasteiger charge is 2.27. The number of ether oxygens (including phenoxy) is 1. The zero-order valence-electron chi connectivity index (χ0n) is 11.0. The van der Waals surface area contributed by atoms with Gasteiger partial charge in [-0.05, 0) is 42.4 Å². The van der Waals surface area contributed by atoms with Crippen molar-refractivity contribution in [2.45, 2.75) is 38.0 Å². The Labute approximate surface area is 119 Å². The standard InChI is InChI=1S/C15H20Cl2O/c1-10-3-5-11(6-4-10)15(17)13-8-7-12(18-2)9-14(13)16/h7-11,15H,3-6H2,1-2H3. The van der Waals surface area contributed by atoms with E-state index in [9.17, 15) is 0 Å². The largest absolute Gasteiger partial charge is 0.497 e. The minimum atomic E-state index is 0.0240. The third kappa shape index (κ3) is 3.13. The average molecular weight is 287 g/mol. The van der Waals surface area contributed by atoms with Crippen LogP contribution in [0.5, 0.6) is 5.75 Å². The topological polar surface area (TPSA) is 9.23 Å². The first-order valence-electron chi connectivity index (χ1n) is 6.59. The number of hydrogen-bond donors (Lipinski definition) is 0. The van der Waals surface area contributed by atoms with Crippen LogP contribution < -0.4 is 4.74 Å². The number of hydrogen-bond acceptors (Lipinski definition) is 1. The fraction of sp³-hybridized carbons (Fsp3) is 0.600. The highest BCUT2D eigenvalue weighted by atomic mass is 35.5. The zero-order valence-corrected chi connectivity index (χ0v) is 12.5. The normalized spacial score (nSPS) is 25.8. The van der Waals surface area contributed by atoms with Gasteiger partial charge in [-0.2, -0.15) is 0 Å². The quantitative estimate of drug-likeness (QED) is 0.671. The molecule has 0 aromatic heterocycles. The Morgan fingerprint density at radius 2 is 1.89 bits per heavy atom. The smallest absolute Gasteiger partial charge is 0.120 e. The summed E-state index contributed by atoms with van der Waals surface area (Å²) in [6, 6.07) is 5.77. The SMILES string of the molecule is COc1ccc(C(Cl)C2CCC(C)CC2)c(Cl)c1. The molecule has 2 rings (SSSR count). The lowest BCUT2D eigenvalue weighted by molar-refractivity contribution is 0.283. The molecule has 1 fully saturated rings. The summed E-state index contributed by atoms with van der Waals surface area (Å²) in [6.45, 7) is 2.32. The van der Waals surface area contributed by atoms with Crippen molar-refractivity contribution in [3.63, 3.8) is 0 Å². The van der Waals surface area contributed by atoms with Crippen LogP contribution in [0.4, 0.5) is 0 Å². The summed E-state index contributed by atoms with van der Waals surface area (Å²) in [5.74, 6) is 2.18. The van der Waals surface area contributed by atoms with Crippen LogP contribution in [0.25, 0.3) is 0 Å². The molecular weight excluding hydrogens is 267 g/mol. The van der Waals surface area contributed by atoms with Crippen LogP contribution in [-0.2, 0) is 0 Å². The van der Waals surface area contributed by atoms with Crippen LogP contribution in [0.1, 0.15) is 43.5 Å². The van der Waals surface area contributed by atoms with Crippen molar-refractivity contribution in [1.29, 1.82) is 0 Å². The molecule has 1 aromatic carbocycles. The Kier molecular flexibility index (Phi) is 4.80. The minimum Gasteiger partial charge on any atom is -0.497 e. The van der Waals surface area contributed by atoms with Crippen molar-refractivity contribution in [1.82, 2.24) is 0 Å². The molecule has 0 saturated heterocycles. The van der Waals surface area contributed by atoms with E-state index in [1.165, 1.54) is 25.7 Å². The first-order chi connectivity index (χ1) is 8.61. The molecule has 3 heteroatoms. The van der Waals surface area contributed by atoms with Gasteiger partial charge < -0.3 is 4.74 Å². The van der Waals surface area contributed by atoms with Crippen molar-refractivity contribution in [2.75, 3.05) is 7.11 Å². The third-order valence-electron chi connectivity index (χ3n) is 3.98. The molecular formula is C15H20Cl2O. The van der Waals surface area contributed by atoms with Gasteiger partial charge in [-0.15, -0.1) is 11.6 Å². The molecule has 1 nitrogen and oxygen atoms in total. The molecule has 0 heterocycles. The lowest BCUT2D eigenvalue weighted by Gasteiger charge is -2.30. The second kappa shape index (κ2) is 6.16. The predicted octanol–water partition coefficient (Wildman–Crippen LogP) is 5.45. The van der Waals surface area contributed by atoms with Crippen molar-refractivity contribution in [3.8, 4) is 5.75 Å². The molecule has 0 amide bonds. The van der Waals surface area contributed by atoms with Gasteiger partial charge in [0, 0.05) is 5.02 Å². The molecule has 1 aromatic rings. The minimum absolute atomic E-state index is 0.0240. The van der Waals surface area contributed by atoms with Crippen LogP contribution in [0.2, 0.25) is 5.02 Å². The second-order valence-electron chi connectivity index (χ2n) is 5.31. The summed E-state index contributed by atoms with van der Waals surface area (Å²) >= 11 is 12.9. The third-order valence-corrected chi connectivity index (χ3v) is 4.90. The maximum absolute atomic E-state index is 6.61. The van der Waals surface area contributed by atoms with Crippen LogP contribution in [0.15, 0.2) is 18.2 Å². The van der Waals surface area contributed by atoms with Crippen LogP contribution >= 0.6 is 23.2 Å². The van der Waals surface area contributed by atoms with E-state index in [1.54, 1.807) is 7.11 Å². The summed E-state index contributed by atoms with van der Waals surface area (Å²) in [5.41, 5.74) is 1.04. The Bertz CT molecular complexity index is 397. The Hall–Kier alpha value is -0.400. The first-order valence-corrected chi connectivity index (χ1v) is 7.40. The van der Waals surface area contributed by atoms with E-state index in [4.69, 9.17) is 27.9 Å². The highest BCUT2D eigenvalue weighted by molar-refractivity contribution is 6.33. The van der Waals surface area contributed by atoms with E-state index in [1.807, 2.05) is 18.2 Å². The summed E-state index contributed by atoms with van der Waals surface area (Å²) < 4.78 is 5.16. The zero-order chi connectivity index (χ0) is 13.1. The maximum Gasteiger partial charge on any atom is 0.120 e. The Morgan fingerprint density at radius 1 is 1.22 bits per heavy atom. The van der Waals surface area contributed by atoms with E-state index in [2.05, 4.69) is 6.92 Å². The molecule has 0 aliphatic heterocycles. The van der Waals surface area contributed by atoms with E-state index in [-0.39, 0.29) is 5.38 Å². The molecule has 1 aliphatic carbocycles. The predicted molar refractivity (Wildman–Crippen MR) is 77.7 cm³/mol. The first kappa shape index (κ1) is 14.0. The van der Waals surface area contributed by atoms with Gasteiger partial charge in [0.2, 0.25) is 0 Å². The van der Waals surface area contributed by atoms with Crippen LogP contribution in [0.3, 0.4) is 0 Å². The molecule has 0 spiro atoms. The number of alkyl halides is 1. The molecule has 100 valence electrons. The van der Waals surface area contributed by atoms with Gasteiger partial charge in [-0.1, -0.05) is 37.4 Å². The lowest BCUT2D eigenvalue weighted by Crippen LogP contribution is -2.16. The fourth-order valence-corrected chi connectivity index (χ4v) is 3.48. The monoisotopic (exact) mass is 286 g/mol. The summed E-state index contributed by atoms with van der Waals surface area (Å²) in [4.78, 5) is 0. The van der Waals surface area contributed by atoms with Crippen molar-refractivity contribution >= 4 is 23.2 Å². The fourth-order valence-electron chi connectivity index (χ4n) is 2.69. The number of halogens is 2. The second-order valence-corrected chi connectivity index (χ2v) is 6.19. The van der Waals surface area contributed by atoms with Gasteiger partial charge in [-0.25, -0.2) is 0 Å². The molecule has 18 heavy (non-hydrogen) atoms. The number of methoxy groups -OCH3 is 1. The summed E-state index contributed by atoms with van der Waals surface area (Å²) in [5, 5.41) is 0.740. The molecule has 1 saturated carbocycles. The maximum atomic E-state index is 6.61. The molecule has 0 bridgehead atoms. The highest BCUT2D eigenvalue weighted by Crippen LogP contribution is 2.43. The van der Waals surface area contributed by atoms with Gasteiger partial charge in [0.1, 0.15) is 5.75 Å². The number of rotatable bonds is 3. The molecule has 1 aliphatic rings. The Morgan fingerprint density at radius 3 is 2.44 bits per heavy atom. The van der Waals surface area contributed by atoms with E-state index < -0.39 is 0 Å². The van der Waals surface area contributed by atoms with E-state index in [0.29, 0.717) is 10.9 Å². The lowest BCUT2D eigenvalue weighted by atomic mass is 9.80. The average Bonchev–Trinajstić information content (AvgIpc) is 2.38. The van der Waals surface area contributed by atoms with Crippen molar-refractivity contribution in [2.24, 2.45) is 11.8 Å². The molecule has 1 unspecified atom stereocenters. The van der Waals surface area contributed by atoms with Gasteiger partial charge >= 0.3 is 0 Å². The summed E-state index contributed by atoms with van der Waals surface area (Å²) in [6.07, 6.45) is 4.97. The van der Waals surface area contributed by atoms with Gasteiger partial charge in [0.05, 0.1) is 12.5 Å². The number of benzene rings is 1. The van der Waals surface area contributed by atoms with E-state index in [0.717, 1.165) is 17.2 Å².